The predicted octanol–water partition coefficient (Wildman–Crippen LogP) is 6.76. The molecule has 0 unspecified atom stereocenters. The third-order valence-electron chi connectivity index (χ3n) is 10.0. The Morgan fingerprint density at radius 2 is 1.51 bits per heavy atom. The molecule has 2 heterocycles. The number of ketones is 1. The van der Waals surface area contributed by atoms with Crippen molar-refractivity contribution in [2.75, 3.05) is 13.1 Å². The Bertz CT molecular complexity index is 2150. The Morgan fingerprint density at radius 3 is 2.22 bits per heavy atom. The molecule has 0 saturated carbocycles. The van der Waals surface area contributed by atoms with Crippen LogP contribution in [0.5, 0.6) is 0 Å². The van der Waals surface area contributed by atoms with Crippen LogP contribution in [0.3, 0.4) is 0 Å². The molecule has 5 aromatic rings. The lowest BCUT2D eigenvalue weighted by Gasteiger charge is -2.29. The minimum Gasteiger partial charge on any atom is -0.445 e. The molecular formula is C44H46F3N5O7. The lowest BCUT2D eigenvalue weighted by atomic mass is 10.0. The number of nitrogens with one attached hydrogen (secondary N) is 2. The number of unbranched alkanes of at least 4 members (excludes halogenated alkanes) is 1. The van der Waals surface area contributed by atoms with Gasteiger partial charge in [-0.15, -0.1) is 0 Å². The third-order valence-corrected chi connectivity index (χ3v) is 10.0. The van der Waals surface area contributed by atoms with E-state index in [-0.39, 0.29) is 50.5 Å². The zero-order valence-electron chi connectivity index (χ0n) is 32.2. The first-order valence-electron chi connectivity index (χ1n) is 19.5. The number of nitrogens with zero attached hydrogens (tertiary/aromatic N) is 2. The third kappa shape index (κ3) is 11.8. The second-order valence-electron chi connectivity index (χ2n) is 14.4. The highest BCUT2D eigenvalue weighted by Crippen LogP contribution is 2.30. The number of oxazole rings is 1. The highest BCUT2D eigenvalue weighted by atomic mass is 19.4. The van der Waals surface area contributed by atoms with Crippen molar-refractivity contribution in [2.24, 2.45) is 5.73 Å². The summed E-state index contributed by atoms with van der Waals surface area (Å²) in [6, 6.07) is 26.5. The predicted molar refractivity (Wildman–Crippen MR) is 212 cm³/mol. The normalized spacial score (nSPS) is 16.4. The quantitative estimate of drug-likeness (QED) is 0.0641. The summed E-state index contributed by atoms with van der Waals surface area (Å²) in [6.07, 6.45) is -4.47. The first-order chi connectivity index (χ1) is 28.5. The second-order valence-corrected chi connectivity index (χ2v) is 14.4. The smallest absolute Gasteiger partial charge is 0.416 e. The number of aryl methyl sites for hydroxylation is 1. The van der Waals surface area contributed by atoms with Crippen LogP contribution in [0.2, 0.25) is 0 Å². The van der Waals surface area contributed by atoms with Crippen molar-refractivity contribution in [2.45, 2.75) is 82.1 Å². The Labute approximate surface area is 339 Å². The van der Waals surface area contributed by atoms with Crippen LogP contribution in [-0.4, -0.2) is 70.9 Å². The largest absolute Gasteiger partial charge is 0.445 e. The molecule has 4 N–H and O–H groups in total. The average Bonchev–Trinajstić information content (AvgIpc) is 3.89. The maximum Gasteiger partial charge on any atom is 0.416 e. The van der Waals surface area contributed by atoms with E-state index >= 15 is 0 Å². The van der Waals surface area contributed by atoms with Crippen LogP contribution in [0.25, 0.3) is 11.1 Å². The number of carbonyl (C=O) groups excluding carboxylic acids is 4. The number of aromatic nitrogens is 1. The molecule has 15 heteroatoms. The molecule has 1 fully saturated rings. The highest BCUT2D eigenvalue weighted by Gasteiger charge is 2.44. The molecule has 4 aromatic carbocycles. The first kappa shape index (κ1) is 42.5. The topological polar surface area (TPSA) is 166 Å². The lowest BCUT2D eigenvalue weighted by molar-refractivity contribution is -0.140. The van der Waals surface area contributed by atoms with E-state index in [1.807, 2.05) is 36.4 Å². The van der Waals surface area contributed by atoms with Crippen LogP contribution in [0.15, 0.2) is 114 Å². The van der Waals surface area contributed by atoms with Gasteiger partial charge in [-0.25, -0.2) is 9.78 Å². The number of ether oxygens (including phenoxy) is 2. The van der Waals surface area contributed by atoms with Gasteiger partial charge in [0.2, 0.25) is 17.6 Å². The fourth-order valence-corrected chi connectivity index (χ4v) is 6.94. The summed E-state index contributed by atoms with van der Waals surface area (Å²) < 4.78 is 57.7. The summed E-state index contributed by atoms with van der Waals surface area (Å²) in [5.74, 6) is -2.03. The number of alkyl carbamates (subject to hydrolysis) is 1. The molecule has 1 saturated heterocycles. The minimum atomic E-state index is -4.56. The average molecular weight is 814 g/mol. The fraction of sp³-hybridized carbons (Fsp3) is 0.341. The highest BCUT2D eigenvalue weighted by molar-refractivity contribution is 6.01. The Hall–Kier alpha value is -6.06. The molecule has 310 valence electrons. The van der Waals surface area contributed by atoms with Gasteiger partial charge in [-0.3, -0.25) is 14.4 Å². The number of rotatable bonds is 18. The molecule has 0 radical (unpaired) electrons. The molecular weight excluding hydrogens is 768 g/mol. The van der Waals surface area contributed by atoms with Gasteiger partial charge in [0.25, 0.3) is 5.89 Å². The van der Waals surface area contributed by atoms with Crippen LogP contribution < -0.4 is 16.4 Å². The molecule has 0 spiro atoms. The van der Waals surface area contributed by atoms with E-state index in [0.29, 0.717) is 36.9 Å². The fourth-order valence-electron chi connectivity index (χ4n) is 6.94. The van der Waals surface area contributed by atoms with Crippen LogP contribution in [-0.2, 0) is 44.9 Å². The number of benzene rings is 4. The van der Waals surface area contributed by atoms with Gasteiger partial charge in [0.1, 0.15) is 24.2 Å². The summed E-state index contributed by atoms with van der Waals surface area (Å²) in [5, 5.41) is 5.52. The van der Waals surface area contributed by atoms with Crippen molar-refractivity contribution in [1.29, 1.82) is 0 Å². The summed E-state index contributed by atoms with van der Waals surface area (Å²) in [5.41, 5.74) is 7.65. The van der Waals surface area contributed by atoms with Crippen molar-refractivity contribution >= 4 is 34.8 Å². The van der Waals surface area contributed by atoms with Crippen molar-refractivity contribution in [3.8, 4) is 0 Å². The Kier molecular flexibility index (Phi) is 14.5. The van der Waals surface area contributed by atoms with Crippen molar-refractivity contribution in [3.05, 3.63) is 137 Å². The number of amides is 3. The van der Waals surface area contributed by atoms with E-state index in [1.165, 1.54) is 17.0 Å². The number of nitrogens with two attached hydrogens (primary N) is 1. The van der Waals surface area contributed by atoms with Gasteiger partial charge in [-0.1, -0.05) is 84.9 Å². The van der Waals surface area contributed by atoms with E-state index in [1.54, 1.807) is 48.5 Å². The molecule has 1 aliphatic rings. The monoisotopic (exact) mass is 813 g/mol. The molecule has 3 amide bonds. The number of hydrogen-bond donors (Lipinski definition) is 3. The molecule has 4 atom stereocenters. The van der Waals surface area contributed by atoms with E-state index < -0.39 is 59.7 Å². The minimum absolute atomic E-state index is 0.0486. The van der Waals surface area contributed by atoms with Crippen LogP contribution in [0.1, 0.15) is 65.0 Å². The van der Waals surface area contributed by atoms with E-state index in [4.69, 9.17) is 19.6 Å². The van der Waals surface area contributed by atoms with E-state index in [9.17, 15) is 32.3 Å². The SMILES string of the molecule is NCCCC[C@H](NC(=O)[C@@H]1C[C@@H](OCc2cccc(C(F)(F)F)c2)CN1C(=O)[C@@H](CCc1ccccc1)NC(=O)OCc1ccccc1)C(=O)c1nc2ccccc2o1. The number of hydrogen-bond acceptors (Lipinski definition) is 9. The number of fused-ring (bicyclic) bond motifs is 1. The summed E-state index contributed by atoms with van der Waals surface area (Å²) in [4.78, 5) is 61.6. The van der Waals surface area contributed by atoms with Crippen LogP contribution >= 0.6 is 0 Å². The van der Waals surface area contributed by atoms with Gasteiger partial charge in [-0.2, -0.15) is 13.2 Å². The van der Waals surface area contributed by atoms with Gasteiger partial charge in [0.15, 0.2) is 5.58 Å². The summed E-state index contributed by atoms with van der Waals surface area (Å²) >= 11 is 0. The number of halogens is 3. The van der Waals surface area contributed by atoms with Crippen molar-refractivity contribution in [3.63, 3.8) is 0 Å². The maximum absolute atomic E-state index is 14.6. The van der Waals surface area contributed by atoms with Gasteiger partial charge in [0, 0.05) is 13.0 Å². The van der Waals surface area contributed by atoms with E-state index in [0.717, 1.165) is 23.3 Å². The van der Waals surface area contributed by atoms with Gasteiger partial charge < -0.3 is 35.2 Å². The molecule has 0 aliphatic carbocycles. The summed E-state index contributed by atoms with van der Waals surface area (Å²) in [7, 11) is 0. The second kappa shape index (κ2) is 20.1. The lowest BCUT2D eigenvalue weighted by Crippen LogP contribution is -2.55. The number of likely N-dealkylation sites (tertiary alicyclic amines) is 1. The van der Waals surface area contributed by atoms with Gasteiger partial charge in [-0.05, 0) is 79.6 Å². The molecule has 1 aliphatic heterocycles. The molecule has 6 rings (SSSR count). The first-order valence-corrected chi connectivity index (χ1v) is 19.5. The number of alkyl halides is 3. The maximum atomic E-state index is 14.6. The molecule has 1 aromatic heterocycles. The number of Topliss-reactive ketones (excluding diaryl/α,β-unsaturated/α-hetero) is 1. The zero-order valence-corrected chi connectivity index (χ0v) is 32.2. The van der Waals surface area contributed by atoms with Gasteiger partial charge >= 0.3 is 12.3 Å². The van der Waals surface area contributed by atoms with Crippen molar-refractivity contribution in [1.82, 2.24) is 20.5 Å². The molecule has 59 heavy (non-hydrogen) atoms. The number of carbonyl (C=O) groups is 4. The molecule has 12 nitrogen and oxygen atoms in total. The van der Waals surface area contributed by atoms with Gasteiger partial charge in [0.05, 0.1) is 24.3 Å². The van der Waals surface area contributed by atoms with Crippen LogP contribution in [0.4, 0.5) is 18.0 Å². The summed E-state index contributed by atoms with van der Waals surface area (Å²) in [6.45, 7) is -0.0510. The Balaban J connectivity index is 1.25. The van der Waals surface area contributed by atoms with E-state index in [2.05, 4.69) is 15.6 Å². The van der Waals surface area contributed by atoms with Crippen molar-refractivity contribution < 1.29 is 46.2 Å². The molecule has 0 bridgehead atoms. The van der Waals surface area contributed by atoms with Crippen LogP contribution in [0, 0.1) is 0 Å². The standard InChI is InChI=1S/C44H46F3N5O7/c45-44(46,47)32-17-11-16-31(24-32)28-57-33-25-37(40(54)49-35(19-9-10-23-48)39(53)41-50-34-18-7-8-20-38(34)59-41)52(26-33)42(55)36(22-21-29-12-3-1-4-13-29)51-43(56)58-27-30-14-5-2-6-15-30/h1-8,11-18,20,24,33,35-37H,9-10,19,21-23,25-28,48H2,(H,49,54)(H,51,56)/t33-,35+,36-,37+/m1/s1. The zero-order chi connectivity index (χ0) is 41.8. The number of para-hydroxylation sites is 2. The Morgan fingerprint density at radius 1 is 0.814 bits per heavy atom.